The second-order valence-electron chi connectivity index (χ2n) is 4.80. The van der Waals surface area contributed by atoms with Gasteiger partial charge in [0.25, 0.3) is 0 Å². The molecular formula is C17H12FN3O3. The van der Waals surface area contributed by atoms with Crippen molar-refractivity contribution in [2.45, 2.75) is 0 Å². The van der Waals surface area contributed by atoms with Crippen LogP contribution in [0.3, 0.4) is 0 Å². The van der Waals surface area contributed by atoms with Crippen molar-refractivity contribution in [1.82, 2.24) is 5.16 Å². The smallest absolute Gasteiger partial charge is 0.380 e. The molecule has 2 aromatic carbocycles. The third-order valence-corrected chi connectivity index (χ3v) is 3.14. The Morgan fingerprint density at radius 2 is 1.83 bits per heavy atom. The Hall–Kier alpha value is -3.48. The third-order valence-electron chi connectivity index (χ3n) is 3.14. The number of nitrogens with zero attached hydrogens (tertiary/aromatic N) is 2. The number of rotatable bonds is 4. The van der Waals surface area contributed by atoms with E-state index in [1.807, 2.05) is 30.3 Å². The van der Waals surface area contributed by atoms with Gasteiger partial charge in [0, 0.05) is 17.2 Å². The lowest BCUT2D eigenvalue weighted by Crippen LogP contribution is -2.15. The highest BCUT2D eigenvalue weighted by molar-refractivity contribution is 5.98. The van der Waals surface area contributed by atoms with Gasteiger partial charge in [-0.3, -0.25) is 0 Å². The number of amidine groups is 1. The molecule has 0 aliphatic carbocycles. The van der Waals surface area contributed by atoms with Gasteiger partial charge in [0.05, 0.1) is 0 Å². The van der Waals surface area contributed by atoms with Gasteiger partial charge in [-0.1, -0.05) is 40.6 Å². The van der Waals surface area contributed by atoms with Crippen molar-refractivity contribution in [3.63, 3.8) is 0 Å². The van der Waals surface area contributed by atoms with Crippen LogP contribution in [-0.2, 0) is 4.84 Å². The summed E-state index contributed by atoms with van der Waals surface area (Å²) in [5.74, 6) is -0.848. The predicted molar refractivity (Wildman–Crippen MR) is 84.5 cm³/mol. The summed E-state index contributed by atoms with van der Waals surface area (Å²) in [6, 6.07) is 15.9. The average molecular weight is 325 g/mol. The molecule has 2 N–H and O–H groups in total. The molecule has 0 unspecified atom stereocenters. The average Bonchev–Trinajstić information content (AvgIpc) is 3.11. The van der Waals surface area contributed by atoms with Crippen molar-refractivity contribution in [2.24, 2.45) is 10.9 Å². The summed E-state index contributed by atoms with van der Waals surface area (Å²) in [5, 5.41) is 7.17. The number of hydrogen-bond donors (Lipinski definition) is 1. The summed E-state index contributed by atoms with van der Waals surface area (Å²) >= 11 is 0. The molecule has 3 aromatic rings. The molecule has 0 saturated carbocycles. The zero-order valence-corrected chi connectivity index (χ0v) is 12.3. The number of benzene rings is 2. The molecule has 0 aliphatic heterocycles. The molecule has 24 heavy (non-hydrogen) atoms. The maximum absolute atomic E-state index is 12.8. The lowest BCUT2D eigenvalue weighted by atomic mass is 10.2. The molecule has 0 saturated heterocycles. The first-order valence-electron chi connectivity index (χ1n) is 6.96. The lowest BCUT2D eigenvalue weighted by Gasteiger charge is -1.99. The van der Waals surface area contributed by atoms with E-state index in [0.29, 0.717) is 11.3 Å². The summed E-state index contributed by atoms with van der Waals surface area (Å²) < 4.78 is 17.9. The van der Waals surface area contributed by atoms with E-state index < -0.39 is 11.8 Å². The zero-order valence-electron chi connectivity index (χ0n) is 12.3. The van der Waals surface area contributed by atoms with Gasteiger partial charge in [-0.2, -0.15) is 0 Å². The Bertz CT molecular complexity index is 874. The topological polar surface area (TPSA) is 90.7 Å². The van der Waals surface area contributed by atoms with Crippen LogP contribution < -0.4 is 5.73 Å². The minimum atomic E-state index is -0.814. The lowest BCUT2D eigenvalue weighted by molar-refractivity contribution is 0.0504. The summed E-state index contributed by atoms with van der Waals surface area (Å²) in [4.78, 5) is 16.6. The van der Waals surface area contributed by atoms with E-state index in [0.717, 1.165) is 5.56 Å². The van der Waals surface area contributed by atoms with E-state index in [4.69, 9.17) is 15.1 Å². The minimum Gasteiger partial charge on any atom is -0.380 e. The van der Waals surface area contributed by atoms with E-state index in [1.165, 1.54) is 30.3 Å². The molecule has 0 fully saturated rings. The Morgan fingerprint density at radius 3 is 2.54 bits per heavy atom. The van der Waals surface area contributed by atoms with Gasteiger partial charge in [0.2, 0.25) is 0 Å². The van der Waals surface area contributed by atoms with E-state index in [-0.39, 0.29) is 11.5 Å². The number of carbonyl (C=O) groups is 1. The quantitative estimate of drug-likeness (QED) is 0.345. The molecule has 0 aliphatic rings. The van der Waals surface area contributed by atoms with Crippen LogP contribution in [0.25, 0.3) is 11.3 Å². The van der Waals surface area contributed by atoms with Gasteiger partial charge in [-0.05, 0) is 24.3 Å². The molecule has 6 nitrogen and oxygen atoms in total. The van der Waals surface area contributed by atoms with E-state index >= 15 is 0 Å². The molecule has 120 valence electrons. The highest BCUT2D eigenvalue weighted by Gasteiger charge is 2.15. The monoisotopic (exact) mass is 325 g/mol. The number of nitrogens with two attached hydrogens (primary N) is 1. The molecule has 7 heteroatoms. The third kappa shape index (κ3) is 3.46. The van der Waals surface area contributed by atoms with Crippen LogP contribution in [0.15, 0.2) is 70.3 Å². The van der Waals surface area contributed by atoms with Crippen molar-refractivity contribution in [2.75, 3.05) is 0 Å². The highest BCUT2D eigenvalue weighted by atomic mass is 19.1. The highest BCUT2D eigenvalue weighted by Crippen LogP contribution is 2.20. The van der Waals surface area contributed by atoms with Crippen molar-refractivity contribution < 1.29 is 18.5 Å². The number of hydrogen-bond acceptors (Lipinski definition) is 5. The Balaban J connectivity index is 1.70. The van der Waals surface area contributed by atoms with Gasteiger partial charge in [-0.15, -0.1) is 0 Å². The Labute approximate surface area is 136 Å². The molecule has 1 heterocycles. The number of halogens is 1. The number of carbonyl (C=O) groups excluding carboxylic acids is 1. The summed E-state index contributed by atoms with van der Waals surface area (Å²) in [7, 11) is 0. The van der Waals surface area contributed by atoms with Gasteiger partial charge in [-0.25, -0.2) is 9.18 Å². The van der Waals surface area contributed by atoms with Gasteiger partial charge >= 0.3 is 5.97 Å². The van der Waals surface area contributed by atoms with E-state index in [9.17, 15) is 9.18 Å². The molecule has 0 spiro atoms. The number of oxime groups is 1. The van der Waals surface area contributed by atoms with Crippen LogP contribution in [0.4, 0.5) is 4.39 Å². The Kier molecular flexibility index (Phi) is 4.33. The first kappa shape index (κ1) is 15.4. The van der Waals surface area contributed by atoms with E-state index in [2.05, 4.69) is 10.3 Å². The summed E-state index contributed by atoms with van der Waals surface area (Å²) in [5.41, 5.74) is 6.84. The largest absolute Gasteiger partial charge is 0.387 e. The molecule has 1 aromatic heterocycles. The van der Waals surface area contributed by atoms with Crippen molar-refractivity contribution in [3.05, 3.63) is 77.7 Å². The SMILES string of the molecule is N/C(=N\OC(=O)c1cc(-c2ccccc2)on1)c1ccc(F)cc1. The van der Waals surface area contributed by atoms with Crippen molar-refractivity contribution >= 4 is 11.8 Å². The fourth-order valence-corrected chi connectivity index (χ4v) is 1.92. The molecule has 0 bridgehead atoms. The number of aromatic nitrogens is 1. The van der Waals surface area contributed by atoms with Crippen LogP contribution in [-0.4, -0.2) is 17.0 Å². The minimum absolute atomic E-state index is 0.0375. The summed E-state index contributed by atoms with van der Waals surface area (Å²) in [6.45, 7) is 0. The standard InChI is InChI=1S/C17H12FN3O3/c18-13-8-6-12(7-9-13)16(19)21-24-17(22)14-10-15(23-20-14)11-4-2-1-3-5-11/h1-10H,(H2,19,21). The van der Waals surface area contributed by atoms with Crippen LogP contribution in [0, 0.1) is 5.82 Å². The summed E-state index contributed by atoms with van der Waals surface area (Å²) in [6.07, 6.45) is 0. The van der Waals surface area contributed by atoms with Crippen LogP contribution >= 0.6 is 0 Å². The van der Waals surface area contributed by atoms with Crippen LogP contribution in [0.2, 0.25) is 0 Å². The maximum Gasteiger partial charge on any atom is 0.387 e. The second-order valence-corrected chi connectivity index (χ2v) is 4.80. The van der Waals surface area contributed by atoms with Gasteiger partial charge in [0.15, 0.2) is 17.3 Å². The fourth-order valence-electron chi connectivity index (χ4n) is 1.92. The van der Waals surface area contributed by atoms with E-state index in [1.54, 1.807) is 0 Å². The zero-order chi connectivity index (χ0) is 16.9. The molecule has 0 atom stereocenters. The fraction of sp³-hybridized carbons (Fsp3) is 0. The molecule has 0 radical (unpaired) electrons. The van der Waals surface area contributed by atoms with Crippen LogP contribution in [0.1, 0.15) is 16.1 Å². The predicted octanol–water partition coefficient (Wildman–Crippen LogP) is 2.96. The van der Waals surface area contributed by atoms with Crippen molar-refractivity contribution in [1.29, 1.82) is 0 Å². The van der Waals surface area contributed by atoms with Gasteiger partial charge < -0.3 is 15.1 Å². The first-order valence-corrected chi connectivity index (χ1v) is 6.96. The van der Waals surface area contributed by atoms with Crippen molar-refractivity contribution in [3.8, 4) is 11.3 Å². The normalized spacial score (nSPS) is 11.3. The first-order chi connectivity index (χ1) is 11.6. The maximum atomic E-state index is 12.8. The second kappa shape index (κ2) is 6.74. The van der Waals surface area contributed by atoms with Gasteiger partial charge in [0.1, 0.15) is 5.82 Å². The molecular weight excluding hydrogens is 313 g/mol. The Morgan fingerprint density at radius 1 is 1.12 bits per heavy atom. The van der Waals surface area contributed by atoms with Crippen LogP contribution in [0.5, 0.6) is 0 Å². The molecule has 0 amide bonds. The molecule has 3 rings (SSSR count).